The minimum atomic E-state index is -3.55. The Morgan fingerprint density at radius 3 is 2.60 bits per heavy atom. The molecule has 0 saturated carbocycles. The second-order valence-corrected chi connectivity index (χ2v) is 7.78. The van der Waals surface area contributed by atoms with Crippen LogP contribution in [0.1, 0.15) is 19.4 Å². The van der Waals surface area contributed by atoms with Crippen LogP contribution >= 0.6 is 27.5 Å². The molecule has 0 aliphatic heterocycles. The summed E-state index contributed by atoms with van der Waals surface area (Å²) < 4.78 is 32.2. The molecule has 1 aromatic carbocycles. The van der Waals surface area contributed by atoms with Crippen LogP contribution in [0.5, 0.6) is 0 Å². The Bertz CT molecular complexity index is 549. The molecule has 0 fully saturated rings. The van der Waals surface area contributed by atoms with Crippen LogP contribution in [0, 0.1) is 0 Å². The van der Waals surface area contributed by atoms with E-state index in [2.05, 4.69) is 15.9 Å². The van der Waals surface area contributed by atoms with Gasteiger partial charge in [-0.15, -0.1) is 11.6 Å². The molecule has 1 aromatic rings. The average molecular weight is 385 g/mol. The van der Waals surface area contributed by atoms with E-state index in [9.17, 15) is 8.42 Å². The lowest BCUT2D eigenvalue weighted by Crippen LogP contribution is -2.31. The van der Waals surface area contributed by atoms with Crippen LogP contribution in [-0.2, 0) is 20.6 Å². The standard InChI is InChI=1S/C13H19BrClNO3S/c1-10(2)19-7-6-16(3)20(17,18)13-8-11(9-15)4-5-12(13)14/h4-5,8,10H,6-7,9H2,1-3H3. The highest BCUT2D eigenvalue weighted by Crippen LogP contribution is 2.26. The number of likely N-dealkylation sites (N-methyl/N-ethyl adjacent to an activating group) is 1. The van der Waals surface area contributed by atoms with Gasteiger partial charge in [-0.25, -0.2) is 8.42 Å². The highest BCUT2D eigenvalue weighted by Gasteiger charge is 2.23. The predicted octanol–water partition coefficient (Wildman–Crippen LogP) is 3.23. The van der Waals surface area contributed by atoms with Gasteiger partial charge in [-0.2, -0.15) is 4.31 Å². The lowest BCUT2D eigenvalue weighted by molar-refractivity contribution is 0.0737. The van der Waals surface area contributed by atoms with Gasteiger partial charge in [0.15, 0.2) is 0 Å². The second kappa shape index (κ2) is 7.75. The molecule has 0 N–H and O–H groups in total. The number of benzene rings is 1. The third kappa shape index (κ3) is 4.70. The van der Waals surface area contributed by atoms with Gasteiger partial charge >= 0.3 is 0 Å². The van der Waals surface area contributed by atoms with Crippen LogP contribution in [0.25, 0.3) is 0 Å². The molecule has 1 rings (SSSR count). The van der Waals surface area contributed by atoms with Gasteiger partial charge in [-0.05, 0) is 47.5 Å². The zero-order valence-electron chi connectivity index (χ0n) is 11.8. The maximum atomic E-state index is 12.5. The average Bonchev–Trinajstić information content (AvgIpc) is 2.38. The number of rotatable bonds is 7. The number of hydrogen-bond acceptors (Lipinski definition) is 3. The van der Waals surface area contributed by atoms with E-state index in [0.717, 1.165) is 5.56 Å². The maximum absolute atomic E-state index is 12.5. The van der Waals surface area contributed by atoms with Crippen molar-refractivity contribution in [2.75, 3.05) is 20.2 Å². The van der Waals surface area contributed by atoms with Crippen molar-refractivity contribution in [3.8, 4) is 0 Å². The summed E-state index contributed by atoms with van der Waals surface area (Å²) in [5.41, 5.74) is 0.764. The molecule has 0 saturated heterocycles. The van der Waals surface area contributed by atoms with Gasteiger partial charge in [0, 0.05) is 23.9 Å². The van der Waals surface area contributed by atoms with Gasteiger partial charge in [0.05, 0.1) is 17.6 Å². The molecule has 0 aliphatic carbocycles. The minimum absolute atomic E-state index is 0.0809. The van der Waals surface area contributed by atoms with Crippen molar-refractivity contribution in [1.82, 2.24) is 4.31 Å². The zero-order chi connectivity index (χ0) is 15.3. The van der Waals surface area contributed by atoms with Gasteiger partial charge in [0.25, 0.3) is 0 Å². The molecule has 0 aromatic heterocycles. The van der Waals surface area contributed by atoms with E-state index in [1.165, 1.54) is 4.31 Å². The molecule has 20 heavy (non-hydrogen) atoms. The van der Waals surface area contributed by atoms with Crippen LogP contribution in [0.3, 0.4) is 0 Å². The molecule has 0 spiro atoms. The van der Waals surface area contributed by atoms with Crippen molar-refractivity contribution in [3.05, 3.63) is 28.2 Å². The number of halogens is 2. The van der Waals surface area contributed by atoms with Crippen LogP contribution in [0.15, 0.2) is 27.6 Å². The van der Waals surface area contributed by atoms with Gasteiger partial charge in [0.2, 0.25) is 10.0 Å². The summed E-state index contributed by atoms with van der Waals surface area (Å²) in [6.07, 6.45) is 0.0809. The zero-order valence-corrected chi connectivity index (χ0v) is 14.9. The number of nitrogens with zero attached hydrogens (tertiary/aromatic N) is 1. The molecule has 114 valence electrons. The molecule has 0 radical (unpaired) electrons. The van der Waals surface area contributed by atoms with Crippen LogP contribution in [0.4, 0.5) is 0 Å². The fourth-order valence-corrected chi connectivity index (χ4v) is 3.83. The first-order chi connectivity index (χ1) is 9.28. The first-order valence-corrected chi connectivity index (χ1v) is 8.98. The van der Waals surface area contributed by atoms with Crippen molar-refractivity contribution < 1.29 is 13.2 Å². The maximum Gasteiger partial charge on any atom is 0.244 e. The summed E-state index contributed by atoms with van der Waals surface area (Å²) in [4.78, 5) is 0.225. The van der Waals surface area contributed by atoms with E-state index in [1.54, 1.807) is 25.2 Å². The van der Waals surface area contributed by atoms with Crippen molar-refractivity contribution in [3.63, 3.8) is 0 Å². The van der Waals surface area contributed by atoms with E-state index in [1.807, 2.05) is 13.8 Å². The van der Waals surface area contributed by atoms with Gasteiger partial charge in [-0.1, -0.05) is 6.07 Å². The molecule has 0 aliphatic rings. The molecule has 7 heteroatoms. The molecule has 0 unspecified atom stereocenters. The molecule has 4 nitrogen and oxygen atoms in total. The fraction of sp³-hybridized carbons (Fsp3) is 0.538. The normalized spacial score (nSPS) is 12.3. The van der Waals surface area contributed by atoms with Crippen molar-refractivity contribution in [1.29, 1.82) is 0 Å². The Kier molecular flexibility index (Phi) is 6.94. The summed E-state index contributed by atoms with van der Waals surface area (Å²) in [5.74, 6) is 0.274. The summed E-state index contributed by atoms with van der Waals surface area (Å²) in [7, 11) is -2.01. The number of alkyl halides is 1. The Balaban J connectivity index is 2.92. The Morgan fingerprint density at radius 2 is 2.05 bits per heavy atom. The van der Waals surface area contributed by atoms with Gasteiger partial charge in [-0.3, -0.25) is 0 Å². The van der Waals surface area contributed by atoms with E-state index >= 15 is 0 Å². The van der Waals surface area contributed by atoms with E-state index in [4.69, 9.17) is 16.3 Å². The quantitative estimate of drug-likeness (QED) is 0.678. The highest BCUT2D eigenvalue weighted by molar-refractivity contribution is 9.10. The molecular weight excluding hydrogens is 366 g/mol. The van der Waals surface area contributed by atoms with Crippen molar-refractivity contribution in [2.24, 2.45) is 0 Å². The number of hydrogen-bond donors (Lipinski definition) is 0. The van der Waals surface area contributed by atoms with Crippen molar-refractivity contribution in [2.45, 2.75) is 30.7 Å². The Hall–Kier alpha value is -0.140. The van der Waals surface area contributed by atoms with E-state index < -0.39 is 10.0 Å². The van der Waals surface area contributed by atoms with Crippen LogP contribution in [-0.4, -0.2) is 39.0 Å². The summed E-state index contributed by atoms with van der Waals surface area (Å²) >= 11 is 9.03. The Labute approximate surface area is 134 Å². The lowest BCUT2D eigenvalue weighted by Gasteiger charge is -2.19. The fourth-order valence-electron chi connectivity index (χ4n) is 1.53. The molecule has 0 heterocycles. The molecular formula is C13H19BrClNO3S. The summed E-state index contributed by atoms with van der Waals surface area (Å²) in [5, 5.41) is 0. The third-order valence-corrected chi connectivity index (χ3v) is 5.85. The topological polar surface area (TPSA) is 46.6 Å². The van der Waals surface area contributed by atoms with Crippen molar-refractivity contribution >= 4 is 37.6 Å². The number of ether oxygens (including phenoxy) is 1. The minimum Gasteiger partial charge on any atom is -0.377 e. The SMILES string of the molecule is CC(C)OCCN(C)S(=O)(=O)c1cc(CCl)ccc1Br. The smallest absolute Gasteiger partial charge is 0.244 e. The van der Waals surface area contributed by atoms with Gasteiger partial charge < -0.3 is 4.74 Å². The van der Waals surface area contributed by atoms with E-state index in [0.29, 0.717) is 17.6 Å². The third-order valence-electron chi connectivity index (χ3n) is 2.70. The summed E-state index contributed by atoms with van der Waals surface area (Å²) in [6.45, 7) is 4.49. The lowest BCUT2D eigenvalue weighted by atomic mass is 10.2. The summed E-state index contributed by atoms with van der Waals surface area (Å²) in [6, 6.07) is 5.08. The Morgan fingerprint density at radius 1 is 1.40 bits per heavy atom. The first kappa shape index (κ1) is 17.9. The first-order valence-electron chi connectivity index (χ1n) is 6.21. The second-order valence-electron chi connectivity index (χ2n) is 4.64. The molecule has 0 amide bonds. The molecule has 0 bridgehead atoms. The molecule has 0 atom stereocenters. The largest absolute Gasteiger partial charge is 0.377 e. The number of sulfonamides is 1. The monoisotopic (exact) mass is 383 g/mol. The van der Waals surface area contributed by atoms with Gasteiger partial charge in [0.1, 0.15) is 0 Å². The van der Waals surface area contributed by atoms with Crippen LogP contribution in [0.2, 0.25) is 0 Å². The van der Waals surface area contributed by atoms with Crippen LogP contribution < -0.4 is 0 Å². The highest BCUT2D eigenvalue weighted by atomic mass is 79.9. The van der Waals surface area contributed by atoms with E-state index in [-0.39, 0.29) is 16.9 Å². The predicted molar refractivity (Wildman–Crippen MR) is 84.6 cm³/mol.